The van der Waals surface area contributed by atoms with Gasteiger partial charge in [0.05, 0.1) is 25.7 Å². The fraction of sp³-hybridized carbons (Fsp3) is 0.324. The van der Waals surface area contributed by atoms with Crippen LogP contribution in [0.25, 0.3) is 11.1 Å². The first-order valence-corrected chi connectivity index (χ1v) is 16.3. The van der Waals surface area contributed by atoms with Gasteiger partial charge >= 0.3 is 6.18 Å². The molecular formula is C37H37F5N4O5. The summed E-state index contributed by atoms with van der Waals surface area (Å²) in [7, 11) is 1.58. The predicted octanol–water partition coefficient (Wildman–Crippen LogP) is 6.85. The standard InChI is InChI=1S/C37H37F5N4O5/c1-3-50-33-19-35(51-22-23-4-8-30(49-2)9-5-23)44-20-31(33)24-6-7-25(32(39)16-24)17-34(47)45-29-15-26(14-27(18-29)37(40,41)42)36(48)43-11-13-46-12-10-28(38)21-46/h4-9,14-16,18-20,28H,3,10-13,17,21-22H2,1-2H3,(H,43,48)(H,45,47)/t28-/m0/s1. The third kappa shape index (κ3) is 10.2. The molecule has 1 atom stereocenters. The lowest BCUT2D eigenvalue weighted by atomic mass is 10.0. The number of methoxy groups -OCH3 is 1. The maximum absolute atomic E-state index is 15.3. The molecule has 0 radical (unpaired) electrons. The molecular weight excluding hydrogens is 675 g/mol. The Bertz CT molecular complexity index is 1840. The van der Waals surface area contributed by atoms with Gasteiger partial charge in [-0.15, -0.1) is 0 Å². The largest absolute Gasteiger partial charge is 0.497 e. The lowest BCUT2D eigenvalue weighted by Crippen LogP contribution is -2.34. The van der Waals surface area contributed by atoms with Crippen LogP contribution in [0, 0.1) is 5.82 Å². The van der Waals surface area contributed by atoms with E-state index in [9.17, 15) is 27.2 Å². The highest BCUT2D eigenvalue weighted by Crippen LogP contribution is 2.34. The van der Waals surface area contributed by atoms with Gasteiger partial charge in [0.1, 0.15) is 30.1 Å². The van der Waals surface area contributed by atoms with Crippen molar-refractivity contribution in [1.82, 2.24) is 15.2 Å². The van der Waals surface area contributed by atoms with E-state index in [1.807, 2.05) is 24.3 Å². The van der Waals surface area contributed by atoms with Crippen LogP contribution in [0.1, 0.15) is 40.4 Å². The maximum atomic E-state index is 15.3. The van der Waals surface area contributed by atoms with Gasteiger partial charge in [0.2, 0.25) is 11.8 Å². The smallest absolute Gasteiger partial charge is 0.416 e. The number of nitrogens with zero attached hydrogens (tertiary/aromatic N) is 2. The molecule has 0 spiro atoms. The van der Waals surface area contributed by atoms with Crippen LogP contribution in [0.5, 0.6) is 17.4 Å². The number of ether oxygens (including phenoxy) is 3. The topological polar surface area (TPSA) is 102 Å². The SMILES string of the molecule is CCOc1cc(OCc2ccc(OC)cc2)ncc1-c1ccc(CC(=O)Nc2cc(C(=O)NCCN3CC[C@H](F)C3)cc(C(F)(F)F)c2)c(F)c1. The number of aromatic nitrogens is 1. The van der Waals surface area contributed by atoms with E-state index in [0.717, 1.165) is 11.6 Å². The van der Waals surface area contributed by atoms with Gasteiger partial charge in [0.15, 0.2) is 0 Å². The molecule has 0 saturated carbocycles. The summed E-state index contributed by atoms with van der Waals surface area (Å²) >= 11 is 0. The van der Waals surface area contributed by atoms with E-state index in [0.29, 0.717) is 66.8 Å². The Kier molecular flexibility index (Phi) is 12.1. The van der Waals surface area contributed by atoms with E-state index in [1.165, 1.54) is 18.3 Å². The summed E-state index contributed by atoms with van der Waals surface area (Å²) in [6, 6.07) is 15.6. The second-order valence-corrected chi connectivity index (χ2v) is 11.9. The second kappa shape index (κ2) is 16.6. The van der Waals surface area contributed by atoms with E-state index in [1.54, 1.807) is 31.1 Å². The van der Waals surface area contributed by atoms with Crippen molar-refractivity contribution >= 4 is 17.5 Å². The molecule has 2 N–H and O–H groups in total. The van der Waals surface area contributed by atoms with Crippen LogP contribution in [0.4, 0.5) is 27.6 Å². The summed E-state index contributed by atoms with van der Waals surface area (Å²) < 4.78 is 86.6. The lowest BCUT2D eigenvalue weighted by molar-refractivity contribution is -0.137. The molecule has 1 aromatic heterocycles. The number of amides is 2. The number of anilines is 1. The summed E-state index contributed by atoms with van der Waals surface area (Å²) in [4.78, 5) is 31.8. The number of carbonyl (C=O) groups is 2. The van der Waals surface area contributed by atoms with Gasteiger partial charge in [0, 0.05) is 55.3 Å². The summed E-state index contributed by atoms with van der Waals surface area (Å²) in [6.07, 6.45) is -4.36. The Morgan fingerprint density at radius 1 is 1.02 bits per heavy atom. The Morgan fingerprint density at radius 3 is 2.47 bits per heavy atom. The molecule has 14 heteroatoms. The molecule has 2 amide bonds. The molecule has 0 unspecified atom stereocenters. The van der Waals surface area contributed by atoms with Crippen molar-refractivity contribution in [1.29, 1.82) is 0 Å². The molecule has 9 nitrogen and oxygen atoms in total. The monoisotopic (exact) mass is 712 g/mol. The third-order valence-electron chi connectivity index (χ3n) is 8.14. The average Bonchev–Trinajstić information content (AvgIpc) is 3.52. The lowest BCUT2D eigenvalue weighted by Gasteiger charge is -2.16. The van der Waals surface area contributed by atoms with Crippen LogP contribution in [-0.2, 0) is 24.0 Å². The maximum Gasteiger partial charge on any atom is 0.416 e. The molecule has 2 heterocycles. The highest BCUT2D eigenvalue weighted by atomic mass is 19.4. The van der Waals surface area contributed by atoms with Crippen LogP contribution in [0.15, 0.2) is 72.9 Å². The van der Waals surface area contributed by atoms with Crippen LogP contribution < -0.4 is 24.8 Å². The highest BCUT2D eigenvalue weighted by Gasteiger charge is 2.32. The molecule has 0 bridgehead atoms. The average molecular weight is 713 g/mol. The van der Waals surface area contributed by atoms with Crippen molar-refractivity contribution < 1.29 is 45.8 Å². The number of likely N-dealkylation sites (tertiary alicyclic amines) is 1. The molecule has 270 valence electrons. The highest BCUT2D eigenvalue weighted by molar-refractivity contribution is 5.98. The number of alkyl halides is 4. The third-order valence-corrected chi connectivity index (χ3v) is 8.14. The summed E-state index contributed by atoms with van der Waals surface area (Å²) in [5.74, 6) is -0.902. The molecule has 0 aliphatic carbocycles. The zero-order chi connectivity index (χ0) is 36.5. The second-order valence-electron chi connectivity index (χ2n) is 11.9. The van der Waals surface area contributed by atoms with Crippen molar-refractivity contribution in [2.75, 3.05) is 45.2 Å². The predicted molar refractivity (Wildman–Crippen MR) is 180 cm³/mol. The molecule has 1 fully saturated rings. The van der Waals surface area contributed by atoms with Gasteiger partial charge in [-0.3, -0.25) is 14.5 Å². The van der Waals surface area contributed by atoms with Gasteiger partial charge in [0.25, 0.3) is 5.91 Å². The quantitative estimate of drug-likeness (QED) is 0.138. The first-order chi connectivity index (χ1) is 24.4. The first-order valence-electron chi connectivity index (χ1n) is 16.3. The van der Waals surface area contributed by atoms with E-state index in [2.05, 4.69) is 15.6 Å². The first kappa shape index (κ1) is 37.0. The van der Waals surface area contributed by atoms with Crippen molar-refractivity contribution in [3.63, 3.8) is 0 Å². The van der Waals surface area contributed by atoms with E-state index >= 15 is 4.39 Å². The number of benzene rings is 3. The molecule has 4 aromatic rings. The molecule has 3 aromatic carbocycles. The van der Waals surface area contributed by atoms with Gasteiger partial charge in [-0.2, -0.15) is 13.2 Å². The Morgan fingerprint density at radius 2 is 1.80 bits per heavy atom. The van der Waals surface area contributed by atoms with Gasteiger partial charge in [-0.1, -0.05) is 24.3 Å². The van der Waals surface area contributed by atoms with Crippen LogP contribution in [-0.4, -0.2) is 67.8 Å². The van der Waals surface area contributed by atoms with Crippen molar-refractivity contribution in [2.45, 2.75) is 38.7 Å². The molecule has 1 saturated heterocycles. The molecule has 51 heavy (non-hydrogen) atoms. The van der Waals surface area contributed by atoms with E-state index in [4.69, 9.17) is 14.2 Å². The summed E-state index contributed by atoms with van der Waals surface area (Å²) in [5.41, 5.74) is 0.0286. The van der Waals surface area contributed by atoms with Crippen LogP contribution >= 0.6 is 0 Å². The van der Waals surface area contributed by atoms with E-state index < -0.39 is 42.0 Å². The van der Waals surface area contributed by atoms with E-state index in [-0.39, 0.29) is 36.5 Å². The number of pyridine rings is 1. The van der Waals surface area contributed by atoms with Gasteiger partial charge < -0.3 is 24.8 Å². The number of rotatable bonds is 14. The molecule has 1 aliphatic rings. The van der Waals surface area contributed by atoms with Crippen molar-refractivity contribution in [2.24, 2.45) is 0 Å². The summed E-state index contributed by atoms with van der Waals surface area (Å²) in [5, 5.41) is 4.89. The Hall–Kier alpha value is -5.24. The van der Waals surface area contributed by atoms with Crippen LogP contribution in [0.3, 0.4) is 0 Å². The Balaban J connectivity index is 1.24. The minimum absolute atomic E-state index is 0.0102. The zero-order valence-corrected chi connectivity index (χ0v) is 28.0. The number of carbonyl (C=O) groups excluding carboxylic acids is 2. The minimum Gasteiger partial charge on any atom is -0.497 e. The summed E-state index contributed by atoms with van der Waals surface area (Å²) in [6.45, 7) is 3.55. The van der Waals surface area contributed by atoms with Gasteiger partial charge in [-0.05, 0) is 66.4 Å². The molecule has 1 aliphatic heterocycles. The number of halogens is 5. The molecule has 5 rings (SSSR count). The number of hydrogen-bond donors (Lipinski definition) is 2. The number of nitrogens with one attached hydrogen (secondary N) is 2. The van der Waals surface area contributed by atoms with Gasteiger partial charge in [-0.25, -0.2) is 13.8 Å². The van der Waals surface area contributed by atoms with Crippen LogP contribution in [0.2, 0.25) is 0 Å². The normalized spacial score (nSPS) is 14.6. The van der Waals surface area contributed by atoms with Crippen molar-refractivity contribution in [3.05, 3.63) is 101 Å². The van der Waals surface area contributed by atoms with Crippen molar-refractivity contribution in [3.8, 4) is 28.5 Å². The fourth-order valence-electron chi connectivity index (χ4n) is 5.52. The minimum atomic E-state index is -4.81. The Labute approximate surface area is 291 Å². The zero-order valence-electron chi connectivity index (χ0n) is 28.0. The fourth-order valence-corrected chi connectivity index (χ4v) is 5.52. The number of hydrogen-bond acceptors (Lipinski definition) is 7.